The van der Waals surface area contributed by atoms with Crippen molar-refractivity contribution in [3.05, 3.63) is 71.8 Å². The van der Waals surface area contributed by atoms with Gasteiger partial charge in [-0.3, -0.25) is 9.59 Å². The van der Waals surface area contributed by atoms with Gasteiger partial charge in [-0.05, 0) is 30.4 Å². The monoisotopic (exact) mass is 363 g/mol. The molecule has 1 N–H and O–H groups in total. The molecule has 27 heavy (non-hydrogen) atoms. The summed E-state index contributed by atoms with van der Waals surface area (Å²) in [6.45, 7) is 1.58. The SMILES string of the molecule is O=C(O)C1[C@H](c2ccccc2)C(C(=O)N2CCCCC2)[C@H]1c1ccccc1. The number of hydrogen-bond donors (Lipinski definition) is 1. The van der Waals surface area contributed by atoms with Crippen molar-refractivity contribution in [1.29, 1.82) is 0 Å². The lowest BCUT2D eigenvalue weighted by Gasteiger charge is -2.51. The van der Waals surface area contributed by atoms with Crippen LogP contribution in [0.1, 0.15) is 42.2 Å². The first-order valence-electron chi connectivity index (χ1n) is 9.80. The number of amides is 1. The molecule has 2 aliphatic rings. The zero-order valence-electron chi connectivity index (χ0n) is 15.3. The maximum Gasteiger partial charge on any atom is 0.307 e. The van der Waals surface area contributed by atoms with Crippen molar-refractivity contribution in [3.63, 3.8) is 0 Å². The van der Waals surface area contributed by atoms with Gasteiger partial charge in [0.05, 0.1) is 11.8 Å². The molecule has 0 bridgehead atoms. The van der Waals surface area contributed by atoms with Crippen molar-refractivity contribution in [1.82, 2.24) is 4.90 Å². The highest BCUT2D eigenvalue weighted by atomic mass is 16.4. The van der Waals surface area contributed by atoms with Crippen LogP contribution >= 0.6 is 0 Å². The number of benzene rings is 2. The Morgan fingerprint density at radius 1 is 0.741 bits per heavy atom. The molecule has 0 aromatic heterocycles. The van der Waals surface area contributed by atoms with Crippen LogP contribution in [0.2, 0.25) is 0 Å². The highest BCUT2D eigenvalue weighted by Crippen LogP contribution is 2.58. The summed E-state index contributed by atoms with van der Waals surface area (Å²) in [7, 11) is 0. The maximum atomic E-state index is 13.4. The minimum atomic E-state index is -0.819. The molecule has 4 heteroatoms. The molecule has 1 heterocycles. The van der Waals surface area contributed by atoms with Crippen LogP contribution in [0.5, 0.6) is 0 Å². The molecule has 1 amide bonds. The number of rotatable bonds is 4. The summed E-state index contributed by atoms with van der Waals surface area (Å²) in [5, 5.41) is 9.98. The van der Waals surface area contributed by atoms with E-state index in [0.717, 1.165) is 43.5 Å². The van der Waals surface area contributed by atoms with Gasteiger partial charge in [0.1, 0.15) is 0 Å². The van der Waals surface area contributed by atoms with E-state index in [4.69, 9.17) is 0 Å². The standard InChI is InChI=1S/C23H25NO3/c25-22(24-14-8-3-9-15-24)20-18(16-10-4-1-5-11-16)21(23(26)27)19(20)17-12-6-2-7-13-17/h1-2,4-7,10-13,18-21H,3,8-9,14-15H2,(H,26,27)/t18-,19-,20?,21?/m1/s1. The molecule has 4 rings (SSSR count). The number of carbonyl (C=O) groups is 2. The Labute approximate surface area is 159 Å². The molecular weight excluding hydrogens is 338 g/mol. The van der Waals surface area contributed by atoms with Crippen LogP contribution in [0.3, 0.4) is 0 Å². The molecule has 1 aliphatic carbocycles. The Morgan fingerprint density at radius 2 is 1.22 bits per heavy atom. The van der Waals surface area contributed by atoms with Crippen LogP contribution in [0.15, 0.2) is 60.7 Å². The number of carbonyl (C=O) groups excluding carboxylic acids is 1. The summed E-state index contributed by atoms with van der Waals surface area (Å²) in [5.74, 6) is -2.13. The largest absolute Gasteiger partial charge is 0.481 e. The van der Waals surface area contributed by atoms with E-state index in [9.17, 15) is 14.7 Å². The average Bonchev–Trinajstić information content (AvgIpc) is 2.69. The van der Waals surface area contributed by atoms with Crippen LogP contribution in [0, 0.1) is 11.8 Å². The molecular formula is C23H25NO3. The number of aliphatic carboxylic acids is 1. The molecule has 0 radical (unpaired) electrons. The van der Waals surface area contributed by atoms with Crippen molar-refractivity contribution < 1.29 is 14.7 Å². The third-order valence-corrected chi connectivity index (χ3v) is 6.15. The number of carboxylic acids is 1. The smallest absolute Gasteiger partial charge is 0.307 e. The van der Waals surface area contributed by atoms with Crippen LogP contribution in [0.4, 0.5) is 0 Å². The second kappa shape index (κ2) is 7.55. The highest BCUT2D eigenvalue weighted by molar-refractivity contribution is 5.87. The Bertz CT molecular complexity index is 751. The summed E-state index contributed by atoms with van der Waals surface area (Å²) < 4.78 is 0. The first kappa shape index (κ1) is 17.8. The van der Waals surface area contributed by atoms with Crippen LogP contribution in [-0.2, 0) is 9.59 Å². The summed E-state index contributed by atoms with van der Waals surface area (Å²) >= 11 is 0. The topological polar surface area (TPSA) is 57.6 Å². The van der Waals surface area contributed by atoms with Gasteiger partial charge in [-0.25, -0.2) is 0 Å². The summed E-state index contributed by atoms with van der Waals surface area (Å²) in [4.78, 5) is 27.6. The minimum Gasteiger partial charge on any atom is -0.481 e. The van der Waals surface area contributed by atoms with E-state index in [-0.39, 0.29) is 23.7 Å². The van der Waals surface area contributed by atoms with Crippen LogP contribution in [0.25, 0.3) is 0 Å². The molecule has 0 spiro atoms. The first-order chi connectivity index (χ1) is 13.2. The van der Waals surface area contributed by atoms with Gasteiger partial charge in [-0.2, -0.15) is 0 Å². The van der Waals surface area contributed by atoms with Gasteiger partial charge >= 0.3 is 5.97 Å². The molecule has 2 aromatic rings. The predicted octanol–water partition coefficient (Wildman–Crippen LogP) is 3.90. The lowest BCUT2D eigenvalue weighted by atomic mass is 9.52. The van der Waals surface area contributed by atoms with Gasteiger partial charge < -0.3 is 10.0 Å². The molecule has 1 aliphatic heterocycles. The molecule has 2 atom stereocenters. The van der Waals surface area contributed by atoms with E-state index in [1.165, 1.54) is 0 Å². The van der Waals surface area contributed by atoms with Gasteiger partial charge in [-0.15, -0.1) is 0 Å². The lowest BCUT2D eigenvalue weighted by Crippen LogP contribution is -2.55. The molecule has 2 fully saturated rings. The van der Waals surface area contributed by atoms with E-state index in [0.29, 0.717) is 0 Å². The number of hydrogen-bond acceptors (Lipinski definition) is 2. The summed E-state index contributed by atoms with van der Waals surface area (Å²) in [6, 6.07) is 19.4. The van der Waals surface area contributed by atoms with Gasteiger partial charge in [0, 0.05) is 24.9 Å². The van der Waals surface area contributed by atoms with Crippen LogP contribution < -0.4 is 0 Å². The molecule has 4 nitrogen and oxygen atoms in total. The number of piperidine rings is 1. The summed E-state index contributed by atoms with van der Waals surface area (Å²) in [6.07, 6.45) is 3.23. The minimum absolute atomic E-state index is 0.120. The zero-order chi connectivity index (χ0) is 18.8. The van der Waals surface area contributed by atoms with Gasteiger partial charge in [0.25, 0.3) is 0 Å². The number of likely N-dealkylation sites (tertiary alicyclic amines) is 1. The maximum absolute atomic E-state index is 13.4. The van der Waals surface area contributed by atoms with Gasteiger partial charge in [0.15, 0.2) is 0 Å². The second-order valence-corrected chi connectivity index (χ2v) is 7.65. The Kier molecular flexibility index (Phi) is 4.97. The molecule has 140 valence electrons. The molecule has 2 aromatic carbocycles. The van der Waals surface area contributed by atoms with Gasteiger partial charge in [-0.1, -0.05) is 60.7 Å². The van der Waals surface area contributed by atoms with E-state index in [1.54, 1.807) is 0 Å². The summed E-state index contributed by atoms with van der Waals surface area (Å²) in [5.41, 5.74) is 1.90. The Morgan fingerprint density at radius 3 is 1.67 bits per heavy atom. The second-order valence-electron chi connectivity index (χ2n) is 7.65. The highest BCUT2D eigenvalue weighted by Gasteiger charge is 2.58. The fourth-order valence-electron chi connectivity index (χ4n) is 4.87. The lowest BCUT2D eigenvalue weighted by molar-refractivity contribution is -0.157. The van der Waals surface area contributed by atoms with E-state index < -0.39 is 11.9 Å². The van der Waals surface area contributed by atoms with E-state index >= 15 is 0 Å². The molecule has 0 unspecified atom stereocenters. The van der Waals surface area contributed by atoms with E-state index in [1.807, 2.05) is 65.6 Å². The Balaban J connectivity index is 1.73. The van der Waals surface area contributed by atoms with Crippen molar-refractivity contribution in [2.45, 2.75) is 31.1 Å². The number of nitrogens with zero attached hydrogens (tertiary/aromatic N) is 1. The van der Waals surface area contributed by atoms with Gasteiger partial charge in [0.2, 0.25) is 5.91 Å². The molecule has 1 saturated carbocycles. The number of carboxylic acid groups (broad SMARTS) is 1. The normalized spacial score (nSPS) is 27.6. The Hall–Kier alpha value is -2.62. The fraction of sp³-hybridized carbons (Fsp3) is 0.391. The van der Waals surface area contributed by atoms with Crippen LogP contribution in [-0.4, -0.2) is 35.0 Å². The zero-order valence-corrected chi connectivity index (χ0v) is 15.3. The molecule has 1 saturated heterocycles. The predicted molar refractivity (Wildman–Crippen MR) is 103 cm³/mol. The average molecular weight is 363 g/mol. The third-order valence-electron chi connectivity index (χ3n) is 6.15. The fourth-order valence-corrected chi connectivity index (χ4v) is 4.87. The van der Waals surface area contributed by atoms with Crippen molar-refractivity contribution >= 4 is 11.9 Å². The van der Waals surface area contributed by atoms with Crippen molar-refractivity contribution in [3.8, 4) is 0 Å². The van der Waals surface area contributed by atoms with Crippen molar-refractivity contribution in [2.24, 2.45) is 11.8 Å². The first-order valence-corrected chi connectivity index (χ1v) is 9.80. The van der Waals surface area contributed by atoms with E-state index in [2.05, 4.69) is 0 Å². The third kappa shape index (κ3) is 3.25. The quantitative estimate of drug-likeness (QED) is 0.896. The van der Waals surface area contributed by atoms with Crippen molar-refractivity contribution in [2.75, 3.05) is 13.1 Å².